The number of sulfonamides is 1. The van der Waals surface area contributed by atoms with E-state index >= 15 is 0 Å². The summed E-state index contributed by atoms with van der Waals surface area (Å²) < 4.78 is 48.6. The second-order valence-electron chi connectivity index (χ2n) is 3.78. The number of hydrogen-bond donors (Lipinski definition) is 2. The van der Waals surface area contributed by atoms with Crippen molar-refractivity contribution < 1.29 is 16.8 Å². The molecule has 1 fully saturated rings. The third-order valence-electron chi connectivity index (χ3n) is 2.67. The standard InChI is InChI=1S/C7H13N5O4S2/c8-18(15,16)12-3-1-11(2-4-12)17(13,14)7-5-9-10-6-7/h5-6H,1-4H2,(H,9,10)(H2,8,15,16). The Morgan fingerprint density at radius 3 is 2.11 bits per heavy atom. The van der Waals surface area contributed by atoms with Gasteiger partial charge in [0.25, 0.3) is 10.2 Å². The molecule has 2 rings (SSSR count). The van der Waals surface area contributed by atoms with Gasteiger partial charge in [-0.2, -0.15) is 22.1 Å². The first kappa shape index (κ1) is 13.4. The van der Waals surface area contributed by atoms with E-state index < -0.39 is 20.2 Å². The van der Waals surface area contributed by atoms with E-state index in [2.05, 4.69) is 10.2 Å². The van der Waals surface area contributed by atoms with E-state index in [1.165, 1.54) is 16.7 Å². The minimum Gasteiger partial charge on any atom is -0.284 e. The third-order valence-corrected chi connectivity index (χ3v) is 5.62. The lowest BCUT2D eigenvalue weighted by Crippen LogP contribution is -2.52. The summed E-state index contributed by atoms with van der Waals surface area (Å²) in [4.78, 5) is 0.0616. The van der Waals surface area contributed by atoms with Crippen molar-refractivity contribution in [2.24, 2.45) is 5.14 Å². The van der Waals surface area contributed by atoms with Gasteiger partial charge in [0.2, 0.25) is 10.0 Å². The lowest BCUT2D eigenvalue weighted by Gasteiger charge is -2.31. The first-order valence-corrected chi connectivity index (χ1v) is 8.03. The number of hydrogen-bond acceptors (Lipinski definition) is 5. The molecule has 0 aliphatic carbocycles. The average molecular weight is 295 g/mol. The first-order valence-electron chi connectivity index (χ1n) is 5.08. The summed E-state index contributed by atoms with van der Waals surface area (Å²) in [5.74, 6) is 0. The van der Waals surface area contributed by atoms with Gasteiger partial charge in [0.05, 0.1) is 6.20 Å². The van der Waals surface area contributed by atoms with Crippen LogP contribution in [0.1, 0.15) is 0 Å². The van der Waals surface area contributed by atoms with Crippen LogP contribution in [0.5, 0.6) is 0 Å². The molecule has 1 aromatic rings. The van der Waals surface area contributed by atoms with Gasteiger partial charge in [-0.3, -0.25) is 5.10 Å². The van der Waals surface area contributed by atoms with E-state index in [-0.39, 0.29) is 31.1 Å². The molecule has 0 unspecified atom stereocenters. The second kappa shape index (κ2) is 4.59. The Bertz CT molecular complexity index is 600. The van der Waals surface area contributed by atoms with Gasteiger partial charge >= 0.3 is 0 Å². The fourth-order valence-electron chi connectivity index (χ4n) is 1.69. The molecule has 1 saturated heterocycles. The van der Waals surface area contributed by atoms with Gasteiger partial charge in [0.1, 0.15) is 4.90 Å². The van der Waals surface area contributed by atoms with Crippen LogP contribution in [0, 0.1) is 0 Å². The number of nitrogens with zero attached hydrogens (tertiary/aromatic N) is 3. The Morgan fingerprint density at radius 1 is 1.11 bits per heavy atom. The van der Waals surface area contributed by atoms with Gasteiger partial charge in [-0.15, -0.1) is 0 Å². The van der Waals surface area contributed by atoms with E-state index in [1.807, 2.05) is 0 Å². The molecular formula is C7H13N5O4S2. The van der Waals surface area contributed by atoms with Crippen molar-refractivity contribution in [2.45, 2.75) is 4.90 Å². The molecular weight excluding hydrogens is 282 g/mol. The van der Waals surface area contributed by atoms with Gasteiger partial charge in [-0.1, -0.05) is 0 Å². The predicted octanol–water partition coefficient (Wildman–Crippen LogP) is -2.08. The number of piperazine rings is 1. The van der Waals surface area contributed by atoms with Crippen molar-refractivity contribution in [1.82, 2.24) is 18.8 Å². The zero-order chi connectivity index (χ0) is 13.4. The summed E-state index contributed by atoms with van der Waals surface area (Å²) in [7, 11) is -7.37. The fourth-order valence-corrected chi connectivity index (χ4v) is 3.70. The molecule has 3 N–H and O–H groups in total. The Balaban J connectivity index is 2.11. The van der Waals surface area contributed by atoms with E-state index in [1.54, 1.807) is 0 Å². The minimum atomic E-state index is -3.76. The summed E-state index contributed by atoms with van der Waals surface area (Å²) in [5.41, 5.74) is 0. The van der Waals surface area contributed by atoms with Crippen LogP contribution >= 0.6 is 0 Å². The summed E-state index contributed by atoms with van der Waals surface area (Å²) in [5, 5.41) is 11.0. The predicted molar refractivity (Wildman–Crippen MR) is 62.0 cm³/mol. The smallest absolute Gasteiger partial charge is 0.276 e. The molecule has 18 heavy (non-hydrogen) atoms. The molecule has 1 aliphatic rings. The lowest BCUT2D eigenvalue weighted by molar-refractivity contribution is 0.273. The Kier molecular flexibility index (Phi) is 3.42. The summed E-state index contributed by atoms with van der Waals surface area (Å²) in [6.45, 7) is 0.250. The van der Waals surface area contributed by atoms with E-state index in [0.717, 1.165) is 4.31 Å². The highest BCUT2D eigenvalue weighted by atomic mass is 32.2. The SMILES string of the molecule is NS(=O)(=O)N1CCN(S(=O)(=O)c2cn[nH]c2)CC1. The zero-order valence-corrected chi connectivity index (χ0v) is 11.0. The monoisotopic (exact) mass is 295 g/mol. The molecule has 0 radical (unpaired) electrons. The van der Waals surface area contributed by atoms with Crippen molar-refractivity contribution in [3.63, 3.8) is 0 Å². The number of H-pyrrole nitrogens is 1. The maximum absolute atomic E-state index is 12.1. The van der Waals surface area contributed by atoms with E-state index in [0.29, 0.717) is 0 Å². The quantitative estimate of drug-likeness (QED) is 0.661. The largest absolute Gasteiger partial charge is 0.284 e. The van der Waals surface area contributed by atoms with Crippen LogP contribution in [-0.2, 0) is 20.2 Å². The molecule has 0 aromatic carbocycles. The topological polar surface area (TPSA) is 129 Å². The van der Waals surface area contributed by atoms with Crippen molar-refractivity contribution in [1.29, 1.82) is 0 Å². The minimum absolute atomic E-state index is 0.0515. The number of nitrogens with one attached hydrogen (secondary N) is 1. The molecule has 0 atom stereocenters. The van der Waals surface area contributed by atoms with Crippen molar-refractivity contribution in [3.8, 4) is 0 Å². The summed E-state index contributed by atoms with van der Waals surface area (Å²) >= 11 is 0. The number of aromatic amines is 1. The normalized spacial score (nSPS) is 20.1. The fraction of sp³-hybridized carbons (Fsp3) is 0.571. The average Bonchev–Trinajstić information content (AvgIpc) is 2.82. The first-order chi connectivity index (χ1) is 8.32. The number of nitrogens with two attached hydrogens (primary N) is 1. The van der Waals surface area contributed by atoms with Gasteiger partial charge in [0.15, 0.2) is 0 Å². The highest BCUT2D eigenvalue weighted by Crippen LogP contribution is 2.16. The molecule has 9 nitrogen and oxygen atoms in total. The van der Waals surface area contributed by atoms with Gasteiger partial charge in [-0.25, -0.2) is 13.6 Å². The molecule has 11 heteroatoms. The Labute approximate surface area is 105 Å². The van der Waals surface area contributed by atoms with Crippen LogP contribution in [0.25, 0.3) is 0 Å². The molecule has 0 bridgehead atoms. The zero-order valence-electron chi connectivity index (χ0n) is 9.35. The van der Waals surface area contributed by atoms with Crippen LogP contribution in [-0.4, -0.2) is 61.8 Å². The second-order valence-corrected chi connectivity index (χ2v) is 7.27. The van der Waals surface area contributed by atoms with Gasteiger partial charge < -0.3 is 0 Å². The van der Waals surface area contributed by atoms with Crippen molar-refractivity contribution in [2.75, 3.05) is 26.2 Å². The van der Waals surface area contributed by atoms with Crippen LogP contribution in [0.15, 0.2) is 17.3 Å². The highest BCUT2D eigenvalue weighted by Gasteiger charge is 2.31. The molecule has 0 saturated carbocycles. The molecule has 1 aliphatic heterocycles. The van der Waals surface area contributed by atoms with Gasteiger partial charge in [0, 0.05) is 32.4 Å². The van der Waals surface area contributed by atoms with Crippen LogP contribution in [0.3, 0.4) is 0 Å². The third kappa shape index (κ3) is 2.54. The maximum Gasteiger partial charge on any atom is 0.276 e. The Hall–Kier alpha value is -1.01. The van der Waals surface area contributed by atoms with E-state index in [4.69, 9.17) is 5.14 Å². The van der Waals surface area contributed by atoms with Crippen LogP contribution < -0.4 is 5.14 Å². The molecule has 1 aromatic heterocycles. The van der Waals surface area contributed by atoms with E-state index in [9.17, 15) is 16.8 Å². The highest BCUT2D eigenvalue weighted by molar-refractivity contribution is 7.89. The molecule has 0 spiro atoms. The number of aromatic nitrogens is 2. The maximum atomic E-state index is 12.1. The van der Waals surface area contributed by atoms with Gasteiger partial charge in [-0.05, 0) is 0 Å². The molecule has 2 heterocycles. The summed E-state index contributed by atoms with van der Waals surface area (Å²) in [6.07, 6.45) is 2.49. The Morgan fingerprint density at radius 2 is 1.67 bits per heavy atom. The molecule has 0 amide bonds. The van der Waals surface area contributed by atoms with Crippen molar-refractivity contribution in [3.05, 3.63) is 12.4 Å². The lowest BCUT2D eigenvalue weighted by atomic mass is 10.4. The molecule has 102 valence electrons. The van der Waals surface area contributed by atoms with Crippen LogP contribution in [0.2, 0.25) is 0 Å². The van der Waals surface area contributed by atoms with Crippen molar-refractivity contribution >= 4 is 20.2 Å². The number of rotatable bonds is 3. The van der Waals surface area contributed by atoms with Crippen LogP contribution in [0.4, 0.5) is 0 Å². The summed E-state index contributed by atoms with van der Waals surface area (Å²) in [6, 6.07) is 0.